The third-order valence-corrected chi connectivity index (χ3v) is 5.43. The molecule has 2 fully saturated rings. The van der Waals surface area contributed by atoms with Crippen LogP contribution in [0.15, 0.2) is 30.3 Å². The van der Waals surface area contributed by atoms with Crippen LogP contribution >= 0.6 is 0 Å². The van der Waals surface area contributed by atoms with Gasteiger partial charge in [0, 0.05) is 6.08 Å². The predicted molar refractivity (Wildman–Crippen MR) is 110 cm³/mol. The van der Waals surface area contributed by atoms with E-state index < -0.39 is 80.0 Å². The number of carboxylic acids is 1. The molecule has 14 heteroatoms. The van der Waals surface area contributed by atoms with Gasteiger partial charge in [-0.3, -0.25) is 0 Å². The van der Waals surface area contributed by atoms with Crippen molar-refractivity contribution in [2.75, 3.05) is 6.61 Å². The molecule has 35 heavy (non-hydrogen) atoms. The van der Waals surface area contributed by atoms with Crippen LogP contribution in [0.3, 0.4) is 0 Å². The summed E-state index contributed by atoms with van der Waals surface area (Å²) < 4.78 is 20.2. The number of carbonyl (C=O) groups excluding carboxylic acids is 1. The van der Waals surface area contributed by atoms with Gasteiger partial charge in [-0.25, -0.2) is 9.59 Å². The molecule has 2 heterocycles. The number of carbonyl (C=O) groups is 2. The highest BCUT2D eigenvalue weighted by Crippen LogP contribution is 2.25. The van der Waals surface area contributed by atoms with E-state index in [1.54, 1.807) is 0 Å². The highest BCUT2D eigenvalue weighted by molar-refractivity contribution is 5.87. The van der Waals surface area contributed by atoms with E-state index in [-0.39, 0.29) is 5.75 Å². The van der Waals surface area contributed by atoms with Crippen molar-refractivity contribution in [1.82, 2.24) is 0 Å². The monoisotopic (exact) mass is 502 g/mol. The average Bonchev–Trinajstić information content (AvgIpc) is 2.83. The maximum atomic E-state index is 11.9. The van der Waals surface area contributed by atoms with Gasteiger partial charge in [0.1, 0.15) is 55.1 Å². The fourth-order valence-electron chi connectivity index (χ4n) is 3.39. The lowest BCUT2D eigenvalue weighted by molar-refractivity contribution is -0.287. The number of benzene rings is 1. The first kappa shape index (κ1) is 26.9. The topological polar surface area (TPSA) is 233 Å². The first-order chi connectivity index (χ1) is 16.5. The van der Waals surface area contributed by atoms with Crippen LogP contribution in [0.4, 0.5) is 0 Å². The molecule has 2 saturated heterocycles. The van der Waals surface area contributed by atoms with Gasteiger partial charge in [0.2, 0.25) is 6.29 Å². The van der Waals surface area contributed by atoms with Crippen LogP contribution in [0.25, 0.3) is 6.08 Å². The maximum Gasteiger partial charge on any atom is 0.335 e. The minimum absolute atomic E-state index is 0.129. The van der Waals surface area contributed by atoms with Crippen LogP contribution in [0.5, 0.6) is 5.75 Å². The molecule has 194 valence electrons. The van der Waals surface area contributed by atoms with Gasteiger partial charge >= 0.3 is 11.9 Å². The first-order valence-corrected chi connectivity index (χ1v) is 10.4. The SMILES string of the molecule is O=C(/C=C/c1ccc(OC2OC(C(=O)O)C(O)C(O)C2O)cc1)OCC1OC(O)C(O)C(O)C1O. The molecule has 0 saturated carbocycles. The number of carboxylic acid groups (broad SMARTS) is 1. The van der Waals surface area contributed by atoms with E-state index in [4.69, 9.17) is 24.1 Å². The second kappa shape index (κ2) is 11.4. The van der Waals surface area contributed by atoms with Crippen molar-refractivity contribution in [3.05, 3.63) is 35.9 Å². The van der Waals surface area contributed by atoms with Crippen molar-refractivity contribution >= 4 is 18.0 Å². The van der Waals surface area contributed by atoms with E-state index in [0.717, 1.165) is 6.08 Å². The molecule has 2 aliphatic heterocycles. The fourth-order valence-corrected chi connectivity index (χ4v) is 3.39. The standard InChI is InChI=1S/C21H26O14/c22-11(32-7-10-12(23)13(24)16(27)20(31)34-10)6-3-8-1-4-9(5-2-8)33-21-17(28)14(25)15(26)18(35-21)19(29)30/h1-6,10,12-18,20-21,23-28,31H,7H2,(H,29,30)/b6-3+. The summed E-state index contributed by atoms with van der Waals surface area (Å²) in [4.78, 5) is 23.1. The van der Waals surface area contributed by atoms with Crippen molar-refractivity contribution in [1.29, 1.82) is 0 Å². The summed E-state index contributed by atoms with van der Waals surface area (Å²) in [6, 6.07) is 5.82. The Morgan fingerprint density at radius 3 is 2.09 bits per heavy atom. The minimum Gasteiger partial charge on any atom is -0.479 e. The molecule has 3 rings (SSSR count). The summed E-state index contributed by atoms with van der Waals surface area (Å²) in [5.74, 6) is -2.25. The van der Waals surface area contributed by atoms with E-state index in [1.807, 2.05) is 0 Å². The summed E-state index contributed by atoms with van der Waals surface area (Å²) in [5.41, 5.74) is 0.501. The van der Waals surface area contributed by atoms with Gasteiger partial charge in [-0.2, -0.15) is 0 Å². The molecule has 0 bridgehead atoms. The van der Waals surface area contributed by atoms with E-state index in [2.05, 4.69) is 0 Å². The molecule has 0 amide bonds. The molecule has 2 aliphatic rings. The van der Waals surface area contributed by atoms with Gasteiger partial charge in [0.15, 0.2) is 12.4 Å². The molecule has 0 radical (unpaired) electrons. The van der Waals surface area contributed by atoms with Gasteiger partial charge in [-0.1, -0.05) is 12.1 Å². The second-order valence-electron chi connectivity index (χ2n) is 7.92. The molecule has 14 nitrogen and oxygen atoms in total. The molecular weight excluding hydrogens is 476 g/mol. The number of aliphatic hydroxyl groups excluding tert-OH is 7. The van der Waals surface area contributed by atoms with Crippen molar-refractivity contribution in [3.8, 4) is 5.75 Å². The number of rotatable bonds is 7. The second-order valence-corrected chi connectivity index (χ2v) is 7.92. The molecule has 8 N–H and O–H groups in total. The molecule has 0 aliphatic carbocycles. The summed E-state index contributed by atoms with van der Waals surface area (Å²) in [6.45, 7) is -0.500. The molecule has 0 spiro atoms. The lowest BCUT2D eigenvalue weighted by Gasteiger charge is -2.38. The largest absolute Gasteiger partial charge is 0.479 e. The number of hydrogen-bond donors (Lipinski definition) is 8. The zero-order valence-corrected chi connectivity index (χ0v) is 18.0. The summed E-state index contributed by atoms with van der Waals surface area (Å²) in [7, 11) is 0. The number of esters is 1. The molecule has 0 aromatic heterocycles. The van der Waals surface area contributed by atoms with Gasteiger partial charge in [0.05, 0.1) is 0 Å². The number of aliphatic hydroxyl groups is 7. The molecule has 10 atom stereocenters. The molecule has 10 unspecified atom stereocenters. The number of aliphatic carboxylic acids is 1. The van der Waals surface area contributed by atoms with E-state index >= 15 is 0 Å². The van der Waals surface area contributed by atoms with Crippen molar-refractivity contribution in [2.45, 2.75) is 61.4 Å². The van der Waals surface area contributed by atoms with Gasteiger partial charge in [-0.05, 0) is 23.8 Å². The Bertz CT molecular complexity index is 904. The van der Waals surface area contributed by atoms with Crippen LogP contribution in [0.2, 0.25) is 0 Å². The Labute approximate surface area is 197 Å². The van der Waals surface area contributed by atoms with Gasteiger partial charge in [-0.15, -0.1) is 0 Å². The normalized spacial score (nSPS) is 37.7. The molecular formula is C21H26O14. The Kier molecular flexibility index (Phi) is 8.76. The lowest BCUT2D eigenvalue weighted by Crippen LogP contribution is -2.61. The van der Waals surface area contributed by atoms with Gasteiger partial charge in [0.25, 0.3) is 0 Å². The quantitative estimate of drug-likeness (QED) is 0.133. The average molecular weight is 502 g/mol. The summed E-state index contributed by atoms with van der Waals surface area (Å²) in [5, 5.41) is 76.9. The Morgan fingerprint density at radius 2 is 1.46 bits per heavy atom. The zero-order valence-electron chi connectivity index (χ0n) is 18.0. The van der Waals surface area contributed by atoms with E-state index in [1.165, 1.54) is 30.3 Å². The van der Waals surface area contributed by atoms with E-state index in [9.17, 15) is 45.3 Å². The van der Waals surface area contributed by atoms with E-state index in [0.29, 0.717) is 5.56 Å². The highest BCUT2D eigenvalue weighted by atomic mass is 16.7. The molecule has 1 aromatic carbocycles. The van der Waals surface area contributed by atoms with Crippen molar-refractivity contribution in [3.63, 3.8) is 0 Å². The summed E-state index contributed by atoms with van der Waals surface area (Å²) in [6.07, 6.45) is -14.3. The van der Waals surface area contributed by atoms with Crippen LogP contribution in [0, 0.1) is 0 Å². The smallest absolute Gasteiger partial charge is 0.335 e. The van der Waals surface area contributed by atoms with Crippen LogP contribution < -0.4 is 4.74 Å². The van der Waals surface area contributed by atoms with Crippen LogP contribution in [-0.4, -0.2) is 121 Å². The number of hydrogen-bond acceptors (Lipinski definition) is 13. The number of ether oxygens (including phenoxy) is 4. The van der Waals surface area contributed by atoms with Crippen molar-refractivity contribution in [2.24, 2.45) is 0 Å². The first-order valence-electron chi connectivity index (χ1n) is 10.4. The predicted octanol–water partition coefficient (Wildman–Crippen LogP) is -3.69. The zero-order chi connectivity index (χ0) is 25.9. The molecule has 1 aromatic rings. The third kappa shape index (κ3) is 6.32. The fraction of sp³-hybridized carbons (Fsp3) is 0.524. The van der Waals surface area contributed by atoms with Crippen molar-refractivity contribution < 1.29 is 69.4 Å². The van der Waals surface area contributed by atoms with Gasteiger partial charge < -0.3 is 59.8 Å². The summed E-state index contributed by atoms with van der Waals surface area (Å²) >= 11 is 0. The van der Waals surface area contributed by atoms with Crippen LogP contribution in [0.1, 0.15) is 5.56 Å². The minimum atomic E-state index is -1.84. The Balaban J connectivity index is 1.52. The Morgan fingerprint density at radius 1 is 0.829 bits per heavy atom. The maximum absolute atomic E-state index is 11.9. The highest BCUT2D eigenvalue weighted by Gasteiger charge is 2.48. The third-order valence-electron chi connectivity index (χ3n) is 5.43. The lowest BCUT2D eigenvalue weighted by atomic mass is 9.99. The van der Waals surface area contributed by atoms with Crippen LogP contribution in [-0.2, 0) is 23.8 Å². The Hall–Kier alpha value is -2.66.